The van der Waals surface area contributed by atoms with E-state index in [9.17, 15) is 9.18 Å². The number of H-pyrrole nitrogens is 1. The molecule has 0 saturated carbocycles. The summed E-state index contributed by atoms with van der Waals surface area (Å²) in [5.74, 6) is 0.0556. The Hall–Kier alpha value is -2.94. The van der Waals surface area contributed by atoms with Crippen LogP contribution in [0.3, 0.4) is 0 Å². The molecule has 4 rings (SSSR count). The van der Waals surface area contributed by atoms with Crippen molar-refractivity contribution in [3.05, 3.63) is 46.1 Å². The number of nitrogens with zero attached hydrogens (tertiary/aromatic N) is 4. The van der Waals surface area contributed by atoms with Gasteiger partial charge in [0, 0.05) is 19.6 Å². The van der Waals surface area contributed by atoms with Crippen LogP contribution in [0.5, 0.6) is 0 Å². The molecule has 0 amide bonds. The van der Waals surface area contributed by atoms with Crippen molar-refractivity contribution in [2.75, 3.05) is 36.5 Å². The van der Waals surface area contributed by atoms with E-state index in [2.05, 4.69) is 20.4 Å². The molecule has 1 fully saturated rings. The highest BCUT2D eigenvalue weighted by atomic mass is 19.1. The number of anilines is 2. The first-order valence-corrected chi connectivity index (χ1v) is 9.66. The van der Waals surface area contributed by atoms with Crippen LogP contribution in [0.2, 0.25) is 0 Å². The summed E-state index contributed by atoms with van der Waals surface area (Å²) < 4.78 is 21.6. The maximum atomic E-state index is 14.6. The number of halogens is 1. The first kappa shape index (κ1) is 19.4. The van der Waals surface area contributed by atoms with Gasteiger partial charge in [-0.1, -0.05) is 6.07 Å². The van der Waals surface area contributed by atoms with Crippen LogP contribution in [0.15, 0.2) is 29.2 Å². The standard InChI is InChI=1S/C20H25FN6O2/c1-20(2,3)27-17-14(12-23-27)18(28)25-19(24-17)22-11-13-4-5-16(15(21)10-13)26-6-8-29-9-7-26/h4-5,10,12H,6-9,11H2,1-3H3,(H2,22,24,25,28). The Morgan fingerprint density at radius 2 is 2.03 bits per heavy atom. The first-order chi connectivity index (χ1) is 13.8. The summed E-state index contributed by atoms with van der Waals surface area (Å²) in [6, 6.07) is 5.16. The van der Waals surface area contributed by atoms with E-state index >= 15 is 0 Å². The zero-order valence-corrected chi connectivity index (χ0v) is 16.8. The normalized spacial score (nSPS) is 15.1. The van der Waals surface area contributed by atoms with E-state index in [0.29, 0.717) is 55.5 Å². The number of nitrogens with one attached hydrogen (secondary N) is 2. The van der Waals surface area contributed by atoms with Gasteiger partial charge in [0.15, 0.2) is 5.65 Å². The molecule has 154 valence electrons. The average molecular weight is 400 g/mol. The second kappa shape index (κ2) is 7.47. The van der Waals surface area contributed by atoms with Crippen LogP contribution in [0.4, 0.5) is 16.0 Å². The van der Waals surface area contributed by atoms with Gasteiger partial charge in [-0.25, -0.2) is 9.07 Å². The van der Waals surface area contributed by atoms with E-state index in [1.165, 1.54) is 12.3 Å². The Morgan fingerprint density at radius 1 is 1.28 bits per heavy atom. The van der Waals surface area contributed by atoms with Crippen LogP contribution in [-0.2, 0) is 16.8 Å². The molecule has 1 aliphatic rings. The molecule has 8 nitrogen and oxygen atoms in total. The topological polar surface area (TPSA) is 88.1 Å². The Morgan fingerprint density at radius 3 is 2.72 bits per heavy atom. The van der Waals surface area contributed by atoms with Gasteiger partial charge in [-0.2, -0.15) is 10.1 Å². The molecule has 3 aromatic rings. The third-order valence-corrected chi connectivity index (χ3v) is 4.90. The van der Waals surface area contributed by atoms with E-state index in [1.807, 2.05) is 31.7 Å². The van der Waals surface area contributed by atoms with Crippen molar-refractivity contribution in [3.8, 4) is 0 Å². The molecule has 2 N–H and O–H groups in total. The van der Waals surface area contributed by atoms with Crippen molar-refractivity contribution < 1.29 is 9.13 Å². The van der Waals surface area contributed by atoms with Gasteiger partial charge in [-0.15, -0.1) is 0 Å². The number of rotatable bonds is 4. The average Bonchev–Trinajstić information content (AvgIpc) is 3.12. The van der Waals surface area contributed by atoms with Gasteiger partial charge >= 0.3 is 0 Å². The number of aromatic amines is 1. The molecule has 0 bridgehead atoms. The Labute approximate surface area is 167 Å². The highest BCUT2D eigenvalue weighted by Gasteiger charge is 2.20. The smallest absolute Gasteiger partial charge is 0.263 e. The third kappa shape index (κ3) is 3.95. The van der Waals surface area contributed by atoms with E-state index in [4.69, 9.17) is 4.74 Å². The van der Waals surface area contributed by atoms with E-state index in [-0.39, 0.29) is 16.9 Å². The maximum absolute atomic E-state index is 14.6. The van der Waals surface area contributed by atoms with Crippen molar-refractivity contribution >= 4 is 22.7 Å². The van der Waals surface area contributed by atoms with Gasteiger partial charge in [0.25, 0.3) is 5.56 Å². The number of hydrogen-bond acceptors (Lipinski definition) is 6. The van der Waals surface area contributed by atoms with Crippen molar-refractivity contribution in [2.45, 2.75) is 32.9 Å². The third-order valence-electron chi connectivity index (χ3n) is 4.90. The first-order valence-electron chi connectivity index (χ1n) is 9.66. The van der Waals surface area contributed by atoms with Crippen LogP contribution in [-0.4, -0.2) is 46.1 Å². The zero-order valence-electron chi connectivity index (χ0n) is 16.8. The highest BCUT2D eigenvalue weighted by molar-refractivity contribution is 5.74. The molecule has 0 aliphatic carbocycles. The summed E-state index contributed by atoms with van der Waals surface area (Å²) >= 11 is 0. The van der Waals surface area contributed by atoms with E-state index < -0.39 is 0 Å². The summed E-state index contributed by atoms with van der Waals surface area (Å²) in [5, 5.41) is 7.81. The van der Waals surface area contributed by atoms with Gasteiger partial charge in [-0.3, -0.25) is 9.78 Å². The molecule has 0 atom stereocenters. The number of aromatic nitrogens is 4. The van der Waals surface area contributed by atoms with Crippen LogP contribution < -0.4 is 15.8 Å². The minimum Gasteiger partial charge on any atom is -0.378 e. The summed E-state index contributed by atoms with van der Waals surface area (Å²) in [6.07, 6.45) is 1.52. The van der Waals surface area contributed by atoms with Crippen LogP contribution in [0.1, 0.15) is 26.3 Å². The van der Waals surface area contributed by atoms with Gasteiger partial charge in [0.2, 0.25) is 5.95 Å². The van der Waals surface area contributed by atoms with E-state index in [1.54, 1.807) is 10.7 Å². The molecule has 1 aliphatic heterocycles. The number of hydrogen-bond donors (Lipinski definition) is 2. The fourth-order valence-corrected chi connectivity index (χ4v) is 3.40. The number of benzene rings is 1. The zero-order chi connectivity index (χ0) is 20.6. The van der Waals surface area contributed by atoms with Crippen LogP contribution in [0, 0.1) is 5.82 Å². The summed E-state index contributed by atoms with van der Waals surface area (Å²) in [6.45, 7) is 8.89. The molecule has 2 aromatic heterocycles. The minimum absolute atomic E-state index is 0.262. The monoisotopic (exact) mass is 400 g/mol. The lowest BCUT2D eigenvalue weighted by Gasteiger charge is -2.29. The second-order valence-corrected chi connectivity index (χ2v) is 8.12. The van der Waals surface area contributed by atoms with Gasteiger partial charge in [-0.05, 0) is 38.5 Å². The van der Waals surface area contributed by atoms with E-state index in [0.717, 1.165) is 5.56 Å². The molecule has 0 unspecified atom stereocenters. The lowest BCUT2D eigenvalue weighted by molar-refractivity contribution is 0.122. The SMILES string of the molecule is CC(C)(C)n1ncc2c(=O)[nH]c(NCc3ccc(N4CCOCC4)c(F)c3)nc21. The predicted octanol–water partition coefficient (Wildman–Crippen LogP) is 2.46. The van der Waals surface area contributed by atoms with Crippen LogP contribution >= 0.6 is 0 Å². The Balaban J connectivity index is 1.53. The summed E-state index contributed by atoms with van der Waals surface area (Å²) in [4.78, 5) is 21.6. The summed E-state index contributed by atoms with van der Waals surface area (Å²) in [5.41, 5.74) is 1.28. The van der Waals surface area contributed by atoms with Crippen LogP contribution in [0.25, 0.3) is 11.0 Å². The molecule has 3 heterocycles. The van der Waals surface area contributed by atoms with Crippen molar-refractivity contribution in [1.82, 2.24) is 19.7 Å². The molecule has 0 radical (unpaired) electrons. The highest BCUT2D eigenvalue weighted by Crippen LogP contribution is 2.22. The summed E-state index contributed by atoms with van der Waals surface area (Å²) in [7, 11) is 0. The minimum atomic E-state index is -0.307. The van der Waals surface area contributed by atoms with Crippen molar-refractivity contribution in [3.63, 3.8) is 0 Å². The molecule has 1 aromatic carbocycles. The fourth-order valence-electron chi connectivity index (χ4n) is 3.40. The molecular formula is C20H25FN6O2. The lowest BCUT2D eigenvalue weighted by Crippen LogP contribution is -2.36. The van der Waals surface area contributed by atoms with Crippen molar-refractivity contribution in [1.29, 1.82) is 0 Å². The Bertz CT molecular complexity index is 1080. The van der Waals surface area contributed by atoms with Gasteiger partial charge < -0.3 is 15.0 Å². The number of ether oxygens (including phenoxy) is 1. The lowest BCUT2D eigenvalue weighted by atomic mass is 10.1. The predicted molar refractivity (Wildman–Crippen MR) is 110 cm³/mol. The maximum Gasteiger partial charge on any atom is 0.263 e. The number of fused-ring (bicyclic) bond motifs is 1. The molecular weight excluding hydrogens is 375 g/mol. The fraction of sp³-hybridized carbons (Fsp3) is 0.450. The largest absolute Gasteiger partial charge is 0.378 e. The molecule has 29 heavy (non-hydrogen) atoms. The molecule has 1 saturated heterocycles. The Kier molecular flexibility index (Phi) is 4.99. The van der Waals surface area contributed by atoms with Crippen molar-refractivity contribution in [2.24, 2.45) is 0 Å². The van der Waals surface area contributed by atoms with Gasteiger partial charge in [0.05, 0.1) is 30.6 Å². The quantitative estimate of drug-likeness (QED) is 0.700. The molecule has 0 spiro atoms. The van der Waals surface area contributed by atoms with Gasteiger partial charge in [0.1, 0.15) is 11.2 Å². The number of morpholine rings is 1. The molecule has 9 heteroatoms. The second-order valence-electron chi connectivity index (χ2n) is 8.12.